The standard InChI is InChI=1S/C15H23N3O/c1-12-5-4-6-13(11-12)17-7-9-18(10-8-17)14(19)15(2,3)16/h4-6,11H,7-10,16H2,1-3H3. The molecule has 0 radical (unpaired) electrons. The second-order valence-corrected chi connectivity index (χ2v) is 5.84. The molecule has 0 atom stereocenters. The molecule has 0 spiro atoms. The number of carbonyl (C=O) groups excluding carboxylic acids is 1. The Labute approximate surface area is 115 Å². The fraction of sp³-hybridized carbons (Fsp3) is 0.533. The van der Waals surface area contributed by atoms with E-state index in [1.807, 2.05) is 4.90 Å². The lowest BCUT2D eigenvalue weighted by atomic mass is 10.0. The number of aryl methyl sites for hydroxylation is 1. The summed E-state index contributed by atoms with van der Waals surface area (Å²) in [6.45, 7) is 8.85. The van der Waals surface area contributed by atoms with E-state index in [-0.39, 0.29) is 5.91 Å². The van der Waals surface area contributed by atoms with Crippen LogP contribution in [0.3, 0.4) is 0 Å². The van der Waals surface area contributed by atoms with E-state index in [2.05, 4.69) is 36.1 Å². The van der Waals surface area contributed by atoms with Crippen molar-refractivity contribution in [1.82, 2.24) is 4.90 Å². The first-order valence-corrected chi connectivity index (χ1v) is 6.78. The summed E-state index contributed by atoms with van der Waals surface area (Å²) in [6.07, 6.45) is 0. The normalized spacial score (nSPS) is 16.6. The Morgan fingerprint density at radius 2 is 1.84 bits per heavy atom. The second kappa shape index (κ2) is 5.21. The van der Waals surface area contributed by atoms with Crippen molar-refractivity contribution in [3.63, 3.8) is 0 Å². The minimum absolute atomic E-state index is 0.0383. The van der Waals surface area contributed by atoms with Gasteiger partial charge in [0.2, 0.25) is 5.91 Å². The maximum absolute atomic E-state index is 12.1. The van der Waals surface area contributed by atoms with Crippen LogP contribution in [0.25, 0.3) is 0 Å². The minimum atomic E-state index is -0.772. The number of amides is 1. The summed E-state index contributed by atoms with van der Waals surface area (Å²) in [5, 5.41) is 0. The Morgan fingerprint density at radius 1 is 1.21 bits per heavy atom. The molecule has 2 N–H and O–H groups in total. The van der Waals surface area contributed by atoms with Gasteiger partial charge in [-0.2, -0.15) is 0 Å². The third kappa shape index (κ3) is 3.26. The maximum atomic E-state index is 12.1. The predicted molar refractivity (Wildman–Crippen MR) is 78.2 cm³/mol. The average molecular weight is 261 g/mol. The molecule has 1 saturated heterocycles. The van der Waals surface area contributed by atoms with E-state index in [0.717, 1.165) is 26.2 Å². The van der Waals surface area contributed by atoms with Gasteiger partial charge in [-0.05, 0) is 38.5 Å². The lowest BCUT2D eigenvalue weighted by molar-refractivity contribution is -0.136. The molecule has 0 saturated carbocycles. The van der Waals surface area contributed by atoms with Crippen molar-refractivity contribution in [3.05, 3.63) is 29.8 Å². The zero-order chi connectivity index (χ0) is 14.0. The molecule has 1 heterocycles. The molecule has 1 aromatic rings. The summed E-state index contributed by atoms with van der Waals surface area (Å²) >= 11 is 0. The smallest absolute Gasteiger partial charge is 0.242 e. The molecule has 1 fully saturated rings. The average Bonchev–Trinajstić information content (AvgIpc) is 2.37. The van der Waals surface area contributed by atoms with Crippen molar-refractivity contribution in [1.29, 1.82) is 0 Å². The van der Waals surface area contributed by atoms with Gasteiger partial charge >= 0.3 is 0 Å². The monoisotopic (exact) mass is 261 g/mol. The Kier molecular flexibility index (Phi) is 3.80. The second-order valence-electron chi connectivity index (χ2n) is 5.84. The number of nitrogens with two attached hydrogens (primary N) is 1. The topological polar surface area (TPSA) is 49.6 Å². The number of carbonyl (C=O) groups is 1. The number of rotatable bonds is 2. The van der Waals surface area contributed by atoms with Crippen LogP contribution in [0.1, 0.15) is 19.4 Å². The summed E-state index contributed by atoms with van der Waals surface area (Å²) in [5.74, 6) is 0.0383. The van der Waals surface area contributed by atoms with Crippen LogP contribution in [0.4, 0.5) is 5.69 Å². The van der Waals surface area contributed by atoms with Gasteiger partial charge < -0.3 is 15.5 Å². The fourth-order valence-electron chi connectivity index (χ4n) is 2.40. The number of hydrogen-bond donors (Lipinski definition) is 1. The van der Waals surface area contributed by atoms with Gasteiger partial charge in [0, 0.05) is 31.9 Å². The Bertz CT molecular complexity index is 457. The van der Waals surface area contributed by atoms with Crippen molar-refractivity contribution in [2.75, 3.05) is 31.1 Å². The number of benzene rings is 1. The Hall–Kier alpha value is -1.55. The van der Waals surface area contributed by atoms with Crippen molar-refractivity contribution in [3.8, 4) is 0 Å². The molecule has 1 aliphatic heterocycles. The van der Waals surface area contributed by atoms with Crippen LogP contribution in [0.2, 0.25) is 0 Å². The van der Waals surface area contributed by atoms with Crippen LogP contribution in [0.15, 0.2) is 24.3 Å². The molecular weight excluding hydrogens is 238 g/mol. The van der Waals surface area contributed by atoms with E-state index in [0.29, 0.717) is 0 Å². The first kappa shape index (κ1) is 13.9. The zero-order valence-electron chi connectivity index (χ0n) is 12.0. The van der Waals surface area contributed by atoms with Crippen LogP contribution in [-0.4, -0.2) is 42.5 Å². The van der Waals surface area contributed by atoms with Gasteiger partial charge in [0.1, 0.15) is 0 Å². The highest BCUT2D eigenvalue weighted by molar-refractivity contribution is 5.85. The maximum Gasteiger partial charge on any atom is 0.242 e. The van der Waals surface area contributed by atoms with E-state index >= 15 is 0 Å². The van der Waals surface area contributed by atoms with Gasteiger partial charge in [0.15, 0.2) is 0 Å². The van der Waals surface area contributed by atoms with Gasteiger partial charge in [0.25, 0.3) is 0 Å². The molecule has 4 heteroatoms. The molecule has 4 nitrogen and oxygen atoms in total. The highest BCUT2D eigenvalue weighted by atomic mass is 16.2. The highest BCUT2D eigenvalue weighted by Gasteiger charge is 2.30. The molecular formula is C15H23N3O. The number of piperazine rings is 1. The highest BCUT2D eigenvalue weighted by Crippen LogP contribution is 2.18. The molecule has 2 rings (SSSR count). The molecule has 104 valence electrons. The van der Waals surface area contributed by atoms with Gasteiger partial charge in [-0.3, -0.25) is 4.79 Å². The van der Waals surface area contributed by atoms with Crippen molar-refractivity contribution in [2.24, 2.45) is 5.73 Å². The number of nitrogens with zero attached hydrogens (tertiary/aromatic N) is 2. The summed E-state index contributed by atoms with van der Waals surface area (Å²) in [6, 6.07) is 8.48. The molecule has 1 aromatic carbocycles. The third-order valence-electron chi connectivity index (χ3n) is 3.48. The van der Waals surface area contributed by atoms with Crippen LogP contribution >= 0.6 is 0 Å². The largest absolute Gasteiger partial charge is 0.368 e. The van der Waals surface area contributed by atoms with E-state index in [1.165, 1.54) is 11.3 Å². The SMILES string of the molecule is Cc1cccc(N2CCN(C(=O)C(C)(C)N)CC2)c1. The Morgan fingerprint density at radius 3 is 2.37 bits per heavy atom. The van der Waals surface area contributed by atoms with Gasteiger partial charge in [-0.25, -0.2) is 0 Å². The molecule has 1 aliphatic rings. The molecule has 0 unspecified atom stereocenters. The third-order valence-corrected chi connectivity index (χ3v) is 3.48. The lowest BCUT2D eigenvalue weighted by Crippen LogP contribution is -2.57. The zero-order valence-corrected chi connectivity index (χ0v) is 12.0. The molecule has 0 aliphatic carbocycles. The van der Waals surface area contributed by atoms with E-state index in [1.54, 1.807) is 13.8 Å². The van der Waals surface area contributed by atoms with Crippen molar-refractivity contribution in [2.45, 2.75) is 26.3 Å². The van der Waals surface area contributed by atoms with Crippen LogP contribution in [0.5, 0.6) is 0 Å². The quantitative estimate of drug-likeness (QED) is 0.875. The van der Waals surface area contributed by atoms with Crippen molar-refractivity contribution >= 4 is 11.6 Å². The van der Waals surface area contributed by atoms with Gasteiger partial charge in [0.05, 0.1) is 5.54 Å². The van der Waals surface area contributed by atoms with E-state index in [4.69, 9.17) is 5.73 Å². The van der Waals surface area contributed by atoms with Crippen LogP contribution in [-0.2, 0) is 4.79 Å². The fourth-order valence-corrected chi connectivity index (χ4v) is 2.40. The van der Waals surface area contributed by atoms with E-state index < -0.39 is 5.54 Å². The first-order chi connectivity index (χ1) is 8.88. The Balaban J connectivity index is 1.98. The lowest BCUT2D eigenvalue weighted by Gasteiger charge is -2.38. The minimum Gasteiger partial charge on any atom is -0.368 e. The van der Waals surface area contributed by atoms with Crippen LogP contribution < -0.4 is 10.6 Å². The summed E-state index contributed by atoms with van der Waals surface area (Å²) in [7, 11) is 0. The molecule has 0 aromatic heterocycles. The predicted octanol–water partition coefficient (Wildman–Crippen LogP) is 1.38. The molecule has 19 heavy (non-hydrogen) atoms. The first-order valence-electron chi connectivity index (χ1n) is 6.78. The molecule has 0 bridgehead atoms. The van der Waals surface area contributed by atoms with E-state index in [9.17, 15) is 4.79 Å². The number of anilines is 1. The summed E-state index contributed by atoms with van der Waals surface area (Å²) in [5.41, 5.74) is 7.60. The summed E-state index contributed by atoms with van der Waals surface area (Å²) < 4.78 is 0. The van der Waals surface area contributed by atoms with Gasteiger partial charge in [-0.15, -0.1) is 0 Å². The van der Waals surface area contributed by atoms with Gasteiger partial charge in [-0.1, -0.05) is 12.1 Å². The summed E-state index contributed by atoms with van der Waals surface area (Å²) in [4.78, 5) is 16.3. The van der Waals surface area contributed by atoms with Crippen LogP contribution in [0, 0.1) is 6.92 Å². The number of hydrogen-bond acceptors (Lipinski definition) is 3. The molecule has 1 amide bonds. The van der Waals surface area contributed by atoms with Crippen molar-refractivity contribution < 1.29 is 4.79 Å².